The van der Waals surface area contributed by atoms with Gasteiger partial charge in [0.2, 0.25) is 0 Å². The Balaban J connectivity index is 2.06. The van der Waals surface area contributed by atoms with Gasteiger partial charge in [-0.05, 0) is 12.1 Å². The van der Waals surface area contributed by atoms with Crippen molar-refractivity contribution in [2.24, 2.45) is 0 Å². The Morgan fingerprint density at radius 1 is 0.833 bits per heavy atom. The summed E-state index contributed by atoms with van der Waals surface area (Å²) in [5, 5.41) is 0.848. The lowest BCUT2D eigenvalue weighted by Gasteiger charge is -2.21. The molecule has 3 nitrogen and oxygen atoms in total. The van der Waals surface area contributed by atoms with Crippen LogP contribution in [0.3, 0.4) is 0 Å². The van der Waals surface area contributed by atoms with Crippen molar-refractivity contribution in [2.45, 2.75) is 0 Å². The van der Waals surface area contributed by atoms with E-state index in [9.17, 15) is 0 Å². The van der Waals surface area contributed by atoms with Crippen molar-refractivity contribution >= 4 is 23.2 Å². The van der Waals surface area contributed by atoms with Gasteiger partial charge >= 0.3 is 0 Å². The Morgan fingerprint density at radius 2 is 1.39 bits per heavy atom. The molecule has 92 valence electrons. The molecule has 0 aliphatic carbocycles. The third-order valence-electron chi connectivity index (χ3n) is 2.58. The third-order valence-corrected chi connectivity index (χ3v) is 3.30. The number of halogens is 2. The van der Waals surface area contributed by atoms with Gasteiger partial charge in [-0.3, -0.25) is 0 Å². The molecule has 0 bridgehead atoms. The first kappa shape index (κ1) is 11.5. The predicted molar refractivity (Wildman–Crippen MR) is 69.6 cm³/mol. The summed E-state index contributed by atoms with van der Waals surface area (Å²) in [6, 6.07) is 8.58. The zero-order chi connectivity index (χ0) is 12.7. The minimum absolute atomic E-state index is 0.422. The van der Waals surface area contributed by atoms with E-state index in [4.69, 9.17) is 37.4 Å². The van der Waals surface area contributed by atoms with E-state index in [0.717, 1.165) is 0 Å². The summed E-state index contributed by atoms with van der Waals surface area (Å²) in [7, 11) is 1.59. The Hall–Kier alpha value is -1.58. The molecular formula is C13H8Cl2O3. The number of hydrogen-bond donors (Lipinski definition) is 0. The summed E-state index contributed by atoms with van der Waals surface area (Å²) in [5.41, 5.74) is 0. The van der Waals surface area contributed by atoms with E-state index >= 15 is 0 Å². The molecule has 0 fully saturated rings. The first-order chi connectivity index (χ1) is 8.67. The molecule has 0 aromatic heterocycles. The molecular weight excluding hydrogens is 275 g/mol. The lowest BCUT2D eigenvalue weighted by molar-refractivity contribution is 0.353. The van der Waals surface area contributed by atoms with Gasteiger partial charge in [0.1, 0.15) is 5.75 Å². The third kappa shape index (κ3) is 1.85. The van der Waals surface area contributed by atoms with E-state index in [2.05, 4.69) is 0 Å². The molecule has 5 heteroatoms. The van der Waals surface area contributed by atoms with Crippen LogP contribution in [0.25, 0.3) is 0 Å². The predicted octanol–water partition coefficient (Wildman–Crippen LogP) is 4.90. The van der Waals surface area contributed by atoms with Gasteiger partial charge in [0.15, 0.2) is 23.0 Å². The second-order valence-electron chi connectivity index (χ2n) is 3.73. The van der Waals surface area contributed by atoms with Crippen LogP contribution >= 0.6 is 23.2 Å². The molecule has 18 heavy (non-hydrogen) atoms. The highest BCUT2D eigenvalue weighted by Crippen LogP contribution is 2.48. The number of rotatable bonds is 1. The van der Waals surface area contributed by atoms with Gasteiger partial charge in [-0.2, -0.15) is 0 Å². The van der Waals surface area contributed by atoms with Crippen LogP contribution in [0.15, 0.2) is 30.3 Å². The number of methoxy groups -OCH3 is 1. The maximum Gasteiger partial charge on any atom is 0.173 e. The highest BCUT2D eigenvalue weighted by molar-refractivity contribution is 6.42. The Labute approximate surface area is 114 Å². The summed E-state index contributed by atoms with van der Waals surface area (Å²) >= 11 is 11.9. The Bertz CT molecular complexity index is 626. The van der Waals surface area contributed by atoms with Crippen molar-refractivity contribution in [1.82, 2.24) is 0 Å². The number of benzene rings is 2. The molecule has 2 aromatic rings. The van der Waals surface area contributed by atoms with Gasteiger partial charge in [-0.15, -0.1) is 0 Å². The van der Waals surface area contributed by atoms with E-state index in [0.29, 0.717) is 38.8 Å². The van der Waals surface area contributed by atoms with Crippen molar-refractivity contribution in [3.8, 4) is 28.7 Å². The van der Waals surface area contributed by atoms with Crippen LogP contribution < -0.4 is 14.2 Å². The van der Waals surface area contributed by atoms with E-state index < -0.39 is 0 Å². The average molecular weight is 283 g/mol. The lowest BCUT2D eigenvalue weighted by atomic mass is 10.2. The normalized spacial score (nSPS) is 11.9. The van der Waals surface area contributed by atoms with Crippen molar-refractivity contribution in [3.05, 3.63) is 40.4 Å². The van der Waals surface area contributed by atoms with Crippen molar-refractivity contribution in [1.29, 1.82) is 0 Å². The van der Waals surface area contributed by atoms with Crippen LogP contribution in [-0.2, 0) is 0 Å². The van der Waals surface area contributed by atoms with E-state index in [1.54, 1.807) is 37.4 Å². The van der Waals surface area contributed by atoms with Crippen molar-refractivity contribution in [3.63, 3.8) is 0 Å². The highest BCUT2D eigenvalue weighted by atomic mass is 35.5. The monoisotopic (exact) mass is 282 g/mol. The summed E-state index contributed by atoms with van der Waals surface area (Å²) in [6.07, 6.45) is 0. The molecule has 0 amide bonds. The second-order valence-corrected chi connectivity index (χ2v) is 4.54. The van der Waals surface area contributed by atoms with Gasteiger partial charge in [0.25, 0.3) is 0 Å². The molecule has 0 N–H and O–H groups in total. The number of hydrogen-bond acceptors (Lipinski definition) is 3. The maximum atomic E-state index is 5.94. The van der Waals surface area contributed by atoms with Crippen molar-refractivity contribution in [2.75, 3.05) is 7.11 Å². The largest absolute Gasteiger partial charge is 0.497 e. The highest BCUT2D eigenvalue weighted by Gasteiger charge is 2.20. The molecule has 2 aromatic carbocycles. The van der Waals surface area contributed by atoms with Crippen LogP contribution in [0.1, 0.15) is 0 Å². The molecule has 1 aliphatic heterocycles. The Morgan fingerprint density at radius 3 is 2.00 bits per heavy atom. The van der Waals surface area contributed by atoms with E-state index in [1.807, 2.05) is 0 Å². The van der Waals surface area contributed by atoms with Gasteiger partial charge < -0.3 is 14.2 Å². The summed E-state index contributed by atoms with van der Waals surface area (Å²) in [5.74, 6) is 2.97. The zero-order valence-electron chi connectivity index (χ0n) is 9.37. The van der Waals surface area contributed by atoms with Crippen LogP contribution in [0.5, 0.6) is 28.7 Å². The van der Waals surface area contributed by atoms with Crippen molar-refractivity contribution < 1.29 is 14.2 Å². The minimum atomic E-state index is 0.422. The number of fused-ring (bicyclic) bond motifs is 2. The maximum absolute atomic E-state index is 5.94. The molecule has 0 unspecified atom stereocenters. The molecule has 0 atom stereocenters. The molecule has 3 rings (SSSR count). The van der Waals surface area contributed by atoms with Crippen LogP contribution in [0.4, 0.5) is 0 Å². The fraction of sp³-hybridized carbons (Fsp3) is 0.0769. The van der Waals surface area contributed by atoms with Gasteiger partial charge in [0, 0.05) is 18.2 Å². The summed E-state index contributed by atoms with van der Waals surface area (Å²) < 4.78 is 16.5. The topological polar surface area (TPSA) is 27.7 Å². The molecule has 0 radical (unpaired) electrons. The summed E-state index contributed by atoms with van der Waals surface area (Å²) in [4.78, 5) is 0. The van der Waals surface area contributed by atoms with Crippen LogP contribution in [0.2, 0.25) is 10.0 Å². The van der Waals surface area contributed by atoms with Gasteiger partial charge in [-0.1, -0.05) is 23.2 Å². The average Bonchev–Trinajstić information content (AvgIpc) is 2.37. The van der Waals surface area contributed by atoms with E-state index in [-0.39, 0.29) is 0 Å². The first-order valence-corrected chi connectivity index (χ1v) is 5.96. The second kappa shape index (κ2) is 4.26. The standard InChI is InChI=1S/C13H8Cl2O3/c1-16-7-2-3-10-11(4-7)18-13-6-9(15)8(14)5-12(13)17-10/h2-6H,1H3. The lowest BCUT2D eigenvalue weighted by Crippen LogP contribution is -1.99. The van der Waals surface area contributed by atoms with E-state index in [1.165, 1.54) is 0 Å². The molecule has 0 spiro atoms. The van der Waals surface area contributed by atoms with Crippen LogP contribution in [-0.4, -0.2) is 7.11 Å². The first-order valence-electron chi connectivity index (χ1n) is 5.20. The molecule has 0 saturated heterocycles. The molecule has 1 aliphatic rings. The molecule has 0 saturated carbocycles. The van der Waals surface area contributed by atoms with Gasteiger partial charge in [-0.25, -0.2) is 0 Å². The SMILES string of the molecule is COc1ccc2c(c1)Oc1cc(Cl)c(Cl)cc1O2. The quantitative estimate of drug-likeness (QED) is 0.635. The molecule has 1 heterocycles. The van der Waals surface area contributed by atoms with Gasteiger partial charge in [0.05, 0.1) is 17.2 Å². The minimum Gasteiger partial charge on any atom is -0.497 e. The number of ether oxygens (including phenoxy) is 3. The fourth-order valence-electron chi connectivity index (χ4n) is 1.69. The Kier molecular flexibility index (Phi) is 2.73. The smallest absolute Gasteiger partial charge is 0.173 e. The zero-order valence-corrected chi connectivity index (χ0v) is 10.9. The van der Waals surface area contributed by atoms with Crippen LogP contribution in [0, 0.1) is 0 Å². The fourth-order valence-corrected chi connectivity index (χ4v) is 1.99. The summed E-state index contributed by atoms with van der Waals surface area (Å²) in [6.45, 7) is 0.